The van der Waals surface area contributed by atoms with E-state index in [0.717, 1.165) is 35.3 Å². The van der Waals surface area contributed by atoms with Gasteiger partial charge in [-0.2, -0.15) is 0 Å². The maximum Gasteiger partial charge on any atom is 0.165 e. The fourth-order valence-electron chi connectivity index (χ4n) is 9.31. The molecule has 4 bridgehead atoms. The van der Waals surface area contributed by atoms with Gasteiger partial charge in [0.2, 0.25) is 0 Å². The first-order valence-corrected chi connectivity index (χ1v) is 12.5. The quantitative estimate of drug-likeness (QED) is 0.804. The van der Waals surface area contributed by atoms with Crippen LogP contribution >= 0.6 is 0 Å². The van der Waals surface area contributed by atoms with Crippen molar-refractivity contribution >= 4 is 0 Å². The molecule has 6 atom stereocenters. The van der Waals surface area contributed by atoms with Crippen LogP contribution in [0.25, 0.3) is 0 Å². The predicted octanol–water partition coefficient (Wildman–Crippen LogP) is 3.76. The molecule has 0 amide bonds. The van der Waals surface area contributed by atoms with Gasteiger partial charge in [0, 0.05) is 29.6 Å². The van der Waals surface area contributed by atoms with Gasteiger partial charge in [-0.05, 0) is 99.8 Å². The fraction of sp³-hybridized carbons (Fsp3) is 0.769. The highest BCUT2D eigenvalue weighted by Crippen LogP contribution is 2.75. The van der Waals surface area contributed by atoms with Gasteiger partial charge in [-0.15, -0.1) is 0 Å². The lowest BCUT2D eigenvalue weighted by molar-refractivity contribution is -0.0950. The van der Waals surface area contributed by atoms with Crippen molar-refractivity contribution in [3.8, 4) is 11.5 Å². The first-order valence-electron chi connectivity index (χ1n) is 12.5. The van der Waals surface area contributed by atoms with Crippen molar-refractivity contribution in [2.24, 2.45) is 23.2 Å². The molecule has 0 spiro atoms. The number of ether oxygens (including phenoxy) is 2. The highest BCUT2D eigenvalue weighted by atomic mass is 16.5. The Hall–Kier alpha value is -1.26. The standard InChI is InChI=1S/C26H36N2O2/c1-3-30-24-20(29-2)7-6-17-12-21-25-9-8-19-22(18(13-25)14-27-19)26(25,23(17)24)10-11-28(21)15-16-4-5-16/h6-7,16,18-19,21-22,27H,3-5,8-15H2,1-2H3. The summed E-state index contributed by atoms with van der Waals surface area (Å²) in [4.78, 5) is 2.96. The zero-order valence-corrected chi connectivity index (χ0v) is 18.6. The van der Waals surface area contributed by atoms with Crippen LogP contribution < -0.4 is 14.8 Å². The van der Waals surface area contributed by atoms with Gasteiger partial charge in [-0.3, -0.25) is 4.90 Å². The highest BCUT2D eigenvalue weighted by molar-refractivity contribution is 5.60. The molecule has 0 aromatic heterocycles. The second kappa shape index (κ2) is 6.16. The molecule has 2 saturated heterocycles. The average molecular weight is 409 g/mol. The number of hydrogen-bond donors (Lipinski definition) is 1. The summed E-state index contributed by atoms with van der Waals surface area (Å²) >= 11 is 0. The molecular formula is C26H36N2O2. The SMILES string of the molecule is CCOc1c(OC)ccc2c1C13CCN(CC4CC4)C(C2)C12CCC1NCC(C2)C13. The van der Waals surface area contributed by atoms with Crippen molar-refractivity contribution in [1.29, 1.82) is 0 Å². The van der Waals surface area contributed by atoms with Crippen LogP contribution in [0.2, 0.25) is 0 Å². The predicted molar refractivity (Wildman–Crippen MR) is 117 cm³/mol. The van der Waals surface area contributed by atoms with Crippen LogP contribution in [0.15, 0.2) is 12.1 Å². The van der Waals surface area contributed by atoms with Crippen LogP contribution in [-0.4, -0.2) is 50.3 Å². The Balaban J connectivity index is 1.47. The van der Waals surface area contributed by atoms with Gasteiger partial charge in [0.15, 0.2) is 11.5 Å². The molecular weight excluding hydrogens is 372 g/mol. The Bertz CT molecular complexity index is 882. The number of rotatable bonds is 5. The summed E-state index contributed by atoms with van der Waals surface area (Å²) in [6, 6.07) is 6.00. The lowest BCUT2D eigenvalue weighted by atomic mass is 9.43. The third-order valence-electron chi connectivity index (χ3n) is 10.2. The average Bonchev–Trinajstić information content (AvgIpc) is 3.41. The number of nitrogens with zero attached hydrogens (tertiary/aromatic N) is 1. The van der Waals surface area contributed by atoms with Gasteiger partial charge < -0.3 is 14.8 Å². The van der Waals surface area contributed by atoms with E-state index in [4.69, 9.17) is 9.47 Å². The Morgan fingerprint density at radius 3 is 2.90 bits per heavy atom. The molecule has 7 rings (SSSR count). The number of methoxy groups -OCH3 is 1. The fourth-order valence-corrected chi connectivity index (χ4v) is 9.31. The van der Waals surface area contributed by atoms with Gasteiger partial charge in [0.25, 0.3) is 0 Å². The Labute approximate surface area is 180 Å². The second-order valence-corrected chi connectivity index (χ2v) is 11.1. The zero-order chi connectivity index (χ0) is 20.1. The van der Waals surface area contributed by atoms with Crippen molar-refractivity contribution in [2.75, 3.05) is 33.4 Å². The third kappa shape index (κ3) is 2.06. The lowest BCUT2D eigenvalue weighted by Crippen LogP contribution is -2.69. The summed E-state index contributed by atoms with van der Waals surface area (Å²) in [6.45, 7) is 6.70. The summed E-state index contributed by atoms with van der Waals surface area (Å²) < 4.78 is 12.3. The van der Waals surface area contributed by atoms with Gasteiger partial charge >= 0.3 is 0 Å². The summed E-state index contributed by atoms with van der Waals surface area (Å²) in [7, 11) is 1.81. The first kappa shape index (κ1) is 18.3. The molecule has 30 heavy (non-hydrogen) atoms. The highest BCUT2D eigenvalue weighted by Gasteiger charge is 2.75. The molecule has 5 fully saturated rings. The van der Waals surface area contributed by atoms with Crippen molar-refractivity contribution in [3.05, 3.63) is 23.3 Å². The summed E-state index contributed by atoms with van der Waals surface area (Å²) in [5.41, 5.74) is 3.86. The van der Waals surface area contributed by atoms with Crippen LogP contribution in [0, 0.1) is 23.2 Å². The Morgan fingerprint density at radius 2 is 2.10 bits per heavy atom. The maximum atomic E-state index is 6.42. The van der Waals surface area contributed by atoms with E-state index in [-0.39, 0.29) is 5.41 Å². The molecule has 3 saturated carbocycles. The summed E-state index contributed by atoms with van der Waals surface area (Å²) in [5.74, 6) is 4.63. The molecule has 4 heteroatoms. The molecule has 4 aliphatic carbocycles. The van der Waals surface area contributed by atoms with Crippen LogP contribution in [0.1, 0.15) is 56.6 Å². The van der Waals surface area contributed by atoms with E-state index in [1.54, 1.807) is 11.1 Å². The van der Waals surface area contributed by atoms with Gasteiger partial charge in [0.05, 0.1) is 13.7 Å². The van der Waals surface area contributed by atoms with E-state index in [1.165, 1.54) is 64.6 Å². The van der Waals surface area contributed by atoms with Crippen molar-refractivity contribution < 1.29 is 9.47 Å². The van der Waals surface area contributed by atoms with E-state index in [9.17, 15) is 0 Å². The van der Waals surface area contributed by atoms with Crippen LogP contribution in [0.4, 0.5) is 0 Å². The van der Waals surface area contributed by atoms with Crippen molar-refractivity contribution in [2.45, 2.75) is 69.4 Å². The molecule has 2 aliphatic heterocycles. The molecule has 1 aromatic carbocycles. The molecule has 4 nitrogen and oxygen atoms in total. The minimum absolute atomic E-state index is 0.279. The second-order valence-electron chi connectivity index (χ2n) is 11.1. The minimum Gasteiger partial charge on any atom is -0.493 e. The van der Waals surface area contributed by atoms with Gasteiger partial charge in [-0.1, -0.05) is 6.07 Å². The lowest BCUT2D eigenvalue weighted by Gasteiger charge is -2.66. The smallest absolute Gasteiger partial charge is 0.165 e. The van der Waals surface area contributed by atoms with Crippen LogP contribution in [-0.2, 0) is 11.8 Å². The van der Waals surface area contributed by atoms with E-state index < -0.39 is 0 Å². The van der Waals surface area contributed by atoms with Gasteiger partial charge in [-0.25, -0.2) is 0 Å². The number of nitrogens with one attached hydrogen (secondary N) is 1. The summed E-state index contributed by atoms with van der Waals surface area (Å²) in [6.07, 6.45) is 9.64. The number of benzene rings is 1. The van der Waals surface area contributed by atoms with E-state index in [0.29, 0.717) is 18.1 Å². The molecule has 6 unspecified atom stereocenters. The Kier molecular flexibility index (Phi) is 3.76. The van der Waals surface area contributed by atoms with E-state index >= 15 is 0 Å². The topological polar surface area (TPSA) is 33.7 Å². The van der Waals surface area contributed by atoms with E-state index in [1.807, 2.05) is 7.11 Å². The number of fused-ring (bicyclic) bond motifs is 1. The van der Waals surface area contributed by atoms with Gasteiger partial charge in [0.1, 0.15) is 0 Å². The van der Waals surface area contributed by atoms with Crippen molar-refractivity contribution in [3.63, 3.8) is 0 Å². The molecule has 6 aliphatic rings. The molecule has 1 aromatic rings. The summed E-state index contributed by atoms with van der Waals surface area (Å²) in [5, 5.41) is 3.95. The number of likely N-dealkylation sites (tertiary alicyclic amines) is 1. The van der Waals surface area contributed by atoms with Crippen LogP contribution in [0.5, 0.6) is 11.5 Å². The van der Waals surface area contributed by atoms with Crippen molar-refractivity contribution in [1.82, 2.24) is 10.2 Å². The first-order chi connectivity index (χ1) is 14.7. The zero-order valence-electron chi connectivity index (χ0n) is 18.6. The maximum absolute atomic E-state index is 6.42. The van der Waals surface area contributed by atoms with E-state index in [2.05, 4.69) is 29.3 Å². The largest absolute Gasteiger partial charge is 0.493 e. The molecule has 2 heterocycles. The normalized spacial score (nSPS) is 43.3. The molecule has 0 radical (unpaired) electrons. The minimum atomic E-state index is 0.279. The molecule has 1 N–H and O–H groups in total. The van der Waals surface area contributed by atoms with Crippen LogP contribution in [0.3, 0.4) is 0 Å². The molecule has 162 valence electrons. The Morgan fingerprint density at radius 1 is 1.20 bits per heavy atom. The monoisotopic (exact) mass is 408 g/mol. The number of hydrogen-bond acceptors (Lipinski definition) is 4. The number of piperidine rings is 1. The third-order valence-corrected chi connectivity index (χ3v) is 10.2.